The van der Waals surface area contributed by atoms with Gasteiger partial charge < -0.3 is 10.1 Å². The number of hydrogen-bond donors (Lipinski definition) is 1. The highest BCUT2D eigenvalue weighted by molar-refractivity contribution is 9.10. The van der Waals surface area contributed by atoms with E-state index in [0.717, 1.165) is 22.5 Å². The average Bonchev–Trinajstić information content (AvgIpc) is 2.17. The maximum absolute atomic E-state index is 5.72. The highest BCUT2D eigenvalue weighted by atomic mass is 79.9. The van der Waals surface area contributed by atoms with E-state index in [2.05, 4.69) is 41.2 Å². The Balaban J connectivity index is 2.27. The summed E-state index contributed by atoms with van der Waals surface area (Å²) < 4.78 is 6.74. The highest BCUT2D eigenvalue weighted by Gasteiger charge is 2.22. The average molecular weight is 256 g/mol. The number of nitrogens with one attached hydrogen (secondary N) is 1. The van der Waals surface area contributed by atoms with Crippen LogP contribution in [0, 0.1) is 5.92 Å². The minimum absolute atomic E-state index is 0.414. The van der Waals surface area contributed by atoms with Gasteiger partial charge in [-0.05, 0) is 34.0 Å². The number of ether oxygens (including phenoxy) is 1. The molecule has 1 aromatic rings. The Morgan fingerprint density at radius 1 is 1.50 bits per heavy atom. The Labute approximate surface area is 92.8 Å². The van der Waals surface area contributed by atoms with Gasteiger partial charge in [0, 0.05) is 0 Å². The van der Waals surface area contributed by atoms with Crippen LogP contribution in [-0.2, 0) is 0 Å². The number of halogens is 1. The highest BCUT2D eigenvalue weighted by Crippen LogP contribution is 2.36. The monoisotopic (exact) mass is 255 g/mol. The lowest BCUT2D eigenvalue weighted by molar-refractivity contribution is 0.256. The molecule has 1 aliphatic rings. The molecule has 2 rings (SSSR count). The van der Waals surface area contributed by atoms with Crippen LogP contribution >= 0.6 is 15.9 Å². The van der Waals surface area contributed by atoms with E-state index in [9.17, 15) is 0 Å². The first-order valence-corrected chi connectivity index (χ1v) is 5.65. The van der Waals surface area contributed by atoms with Crippen LogP contribution in [-0.4, -0.2) is 12.6 Å². The van der Waals surface area contributed by atoms with Crippen molar-refractivity contribution >= 4 is 21.6 Å². The molecule has 0 radical (unpaired) electrons. The van der Waals surface area contributed by atoms with E-state index >= 15 is 0 Å². The number of rotatable bonds is 1. The SMILES string of the molecule is CC(C)C1COc2c(Br)cccc2N1. The zero-order valence-corrected chi connectivity index (χ0v) is 9.97. The van der Waals surface area contributed by atoms with E-state index in [4.69, 9.17) is 4.74 Å². The number of anilines is 1. The van der Waals surface area contributed by atoms with Crippen LogP contribution in [0.4, 0.5) is 5.69 Å². The van der Waals surface area contributed by atoms with E-state index in [-0.39, 0.29) is 0 Å². The minimum Gasteiger partial charge on any atom is -0.488 e. The molecule has 0 aliphatic carbocycles. The molecule has 0 bridgehead atoms. The Morgan fingerprint density at radius 2 is 2.29 bits per heavy atom. The first-order valence-electron chi connectivity index (χ1n) is 4.86. The van der Waals surface area contributed by atoms with Gasteiger partial charge in [0.05, 0.1) is 16.2 Å². The van der Waals surface area contributed by atoms with Crippen molar-refractivity contribution in [3.8, 4) is 5.75 Å². The second-order valence-electron chi connectivity index (χ2n) is 3.92. The first-order chi connectivity index (χ1) is 6.68. The molecular formula is C11H14BrNO. The lowest BCUT2D eigenvalue weighted by Gasteiger charge is -2.30. The van der Waals surface area contributed by atoms with Crippen molar-refractivity contribution in [3.63, 3.8) is 0 Å². The van der Waals surface area contributed by atoms with Crippen LogP contribution in [0.25, 0.3) is 0 Å². The van der Waals surface area contributed by atoms with Gasteiger partial charge in [-0.2, -0.15) is 0 Å². The molecule has 1 N–H and O–H groups in total. The van der Waals surface area contributed by atoms with Crippen LogP contribution in [0.5, 0.6) is 5.75 Å². The Bertz CT molecular complexity index is 338. The summed E-state index contributed by atoms with van der Waals surface area (Å²) in [6, 6.07) is 6.48. The van der Waals surface area contributed by atoms with E-state index in [1.54, 1.807) is 0 Å². The van der Waals surface area contributed by atoms with Gasteiger partial charge in [-0.15, -0.1) is 0 Å². The fourth-order valence-corrected chi connectivity index (χ4v) is 2.02. The standard InChI is InChI=1S/C11H14BrNO/c1-7(2)10-6-14-11-8(12)4-3-5-9(11)13-10/h3-5,7,10,13H,6H2,1-2H3. The summed E-state index contributed by atoms with van der Waals surface area (Å²) >= 11 is 3.47. The molecule has 1 unspecified atom stereocenters. The Morgan fingerprint density at radius 3 is 3.00 bits per heavy atom. The van der Waals surface area contributed by atoms with Crippen molar-refractivity contribution in [2.45, 2.75) is 19.9 Å². The van der Waals surface area contributed by atoms with Crippen molar-refractivity contribution in [1.82, 2.24) is 0 Å². The van der Waals surface area contributed by atoms with Gasteiger partial charge in [0.1, 0.15) is 6.61 Å². The van der Waals surface area contributed by atoms with Crippen molar-refractivity contribution < 1.29 is 4.74 Å². The molecule has 1 heterocycles. The van der Waals surface area contributed by atoms with Gasteiger partial charge in [0.15, 0.2) is 5.75 Å². The third-order valence-corrected chi connectivity index (χ3v) is 3.14. The lowest BCUT2D eigenvalue weighted by Crippen LogP contribution is -2.35. The fraction of sp³-hybridized carbons (Fsp3) is 0.455. The minimum atomic E-state index is 0.414. The molecule has 76 valence electrons. The summed E-state index contributed by atoms with van der Waals surface area (Å²) in [4.78, 5) is 0. The van der Waals surface area contributed by atoms with E-state index in [1.807, 2.05) is 12.1 Å². The number of fused-ring (bicyclic) bond motifs is 1. The predicted octanol–water partition coefficient (Wildman–Crippen LogP) is 3.28. The molecule has 0 saturated heterocycles. The van der Waals surface area contributed by atoms with E-state index < -0.39 is 0 Å². The number of para-hydroxylation sites is 1. The zero-order chi connectivity index (χ0) is 10.1. The number of benzene rings is 1. The molecule has 1 atom stereocenters. The van der Waals surface area contributed by atoms with Crippen molar-refractivity contribution in [1.29, 1.82) is 0 Å². The molecule has 3 heteroatoms. The fourth-order valence-electron chi connectivity index (χ4n) is 1.54. The largest absolute Gasteiger partial charge is 0.488 e. The molecule has 0 fully saturated rings. The second kappa shape index (κ2) is 3.81. The maximum atomic E-state index is 5.72. The normalized spacial score (nSPS) is 19.9. The smallest absolute Gasteiger partial charge is 0.156 e. The molecule has 2 nitrogen and oxygen atoms in total. The Kier molecular flexibility index (Phi) is 2.68. The van der Waals surface area contributed by atoms with Crippen LogP contribution in [0.3, 0.4) is 0 Å². The van der Waals surface area contributed by atoms with Crippen molar-refractivity contribution in [3.05, 3.63) is 22.7 Å². The van der Waals surface area contributed by atoms with Gasteiger partial charge in [-0.25, -0.2) is 0 Å². The summed E-state index contributed by atoms with van der Waals surface area (Å²) in [6.45, 7) is 5.14. The van der Waals surface area contributed by atoms with Gasteiger partial charge in [-0.1, -0.05) is 19.9 Å². The topological polar surface area (TPSA) is 21.3 Å². The van der Waals surface area contributed by atoms with Crippen molar-refractivity contribution in [2.75, 3.05) is 11.9 Å². The van der Waals surface area contributed by atoms with Gasteiger partial charge in [0.25, 0.3) is 0 Å². The van der Waals surface area contributed by atoms with Crippen LogP contribution in [0.2, 0.25) is 0 Å². The third kappa shape index (κ3) is 1.73. The Hall–Kier alpha value is -0.700. The van der Waals surface area contributed by atoms with E-state index in [1.165, 1.54) is 0 Å². The maximum Gasteiger partial charge on any atom is 0.156 e. The summed E-state index contributed by atoms with van der Waals surface area (Å²) in [5.41, 5.74) is 1.09. The molecule has 0 saturated carbocycles. The molecule has 0 aromatic heterocycles. The van der Waals surface area contributed by atoms with E-state index in [0.29, 0.717) is 12.0 Å². The van der Waals surface area contributed by atoms with Gasteiger partial charge in [-0.3, -0.25) is 0 Å². The molecule has 0 spiro atoms. The summed E-state index contributed by atoms with van der Waals surface area (Å²) in [7, 11) is 0. The summed E-state index contributed by atoms with van der Waals surface area (Å²) in [5, 5.41) is 3.48. The summed E-state index contributed by atoms with van der Waals surface area (Å²) in [6.07, 6.45) is 0. The second-order valence-corrected chi connectivity index (χ2v) is 4.78. The molecular weight excluding hydrogens is 242 g/mol. The van der Waals surface area contributed by atoms with Gasteiger partial charge in [0.2, 0.25) is 0 Å². The zero-order valence-electron chi connectivity index (χ0n) is 8.38. The molecule has 14 heavy (non-hydrogen) atoms. The van der Waals surface area contributed by atoms with Crippen molar-refractivity contribution in [2.24, 2.45) is 5.92 Å². The summed E-state index contributed by atoms with van der Waals surface area (Å²) in [5.74, 6) is 1.52. The van der Waals surface area contributed by atoms with Gasteiger partial charge >= 0.3 is 0 Å². The lowest BCUT2D eigenvalue weighted by atomic mass is 10.0. The molecule has 1 aliphatic heterocycles. The predicted molar refractivity (Wildman–Crippen MR) is 61.9 cm³/mol. The first kappa shape index (κ1) is 9.84. The molecule has 0 amide bonds. The van der Waals surface area contributed by atoms with Crippen LogP contribution < -0.4 is 10.1 Å². The third-order valence-electron chi connectivity index (χ3n) is 2.52. The quantitative estimate of drug-likeness (QED) is 0.832. The van der Waals surface area contributed by atoms with Crippen LogP contribution in [0.15, 0.2) is 22.7 Å². The number of hydrogen-bond acceptors (Lipinski definition) is 2. The molecule has 1 aromatic carbocycles. The van der Waals surface area contributed by atoms with Crippen LogP contribution in [0.1, 0.15) is 13.8 Å².